The van der Waals surface area contributed by atoms with Gasteiger partial charge in [0.25, 0.3) is 0 Å². The van der Waals surface area contributed by atoms with E-state index >= 15 is 0 Å². The second-order valence-electron chi connectivity index (χ2n) is 5.27. The summed E-state index contributed by atoms with van der Waals surface area (Å²) in [5, 5.41) is 7.89. The molecule has 0 amide bonds. The van der Waals surface area contributed by atoms with Crippen LogP contribution in [0, 0.1) is 0 Å². The van der Waals surface area contributed by atoms with Gasteiger partial charge in [-0.05, 0) is 55.5 Å². The Bertz CT molecular complexity index is 492. The summed E-state index contributed by atoms with van der Waals surface area (Å²) in [6.45, 7) is 3.28. The highest BCUT2D eigenvalue weighted by Crippen LogP contribution is 2.09. The van der Waals surface area contributed by atoms with E-state index in [4.69, 9.17) is 0 Å². The summed E-state index contributed by atoms with van der Waals surface area (Å²) in [5.74, 6) is 0. The van der Waals surface area contributed by atoms with Crippen LogP contribution in [0.5, 0.6) is 0 Å². The standard InChI is InChI=1S/C16H24N4/c1-3-8-18-16(11-15-12-19-20(2)13-15)5-4-14-6-9-17-10-7-14/h6-7,9-10,12-13,16,18H,3-5,8,11H2,1-2H3. The first-order valence-corrected chi connectivity index (χ1v) is 7.37. The van der Waals surface area contributed by atoms with Crippen molar-refractivity contribution in [1.82, 2.24) is 20.1 Å². The molecule has 0 spiro atoms. The van der Waals surface area contributed by atoms with Crippen LogP contribution in [0.25, 0.3) is 0 Å². The molecule has 108 valence electrons. The first-order chi connectivity index (χ1) is 9.78. The molecule has 0 aliphatic carbocycles. The maximum atomic E-state index is 4.25. The Hall–Kier alpha value is -1.68. The predicted molar refractivity (Wildman–Crippen MR) is 81.6 cm³/mol. The second kappa shape index (κ2) is 7.80. The normalized spacial score (nSPS) is 12.5. The van der Waals surface area contributed by atoms with Gasteiger partial charge < -0.3 is 5.32 Å². The zero-order valence-corrected chi connectivity index (χ0v) is 12.4. The Morgan fingerprint density at radius 3 is 2.70 bits per heavy atom. The number of aromatic nitrogens is 3. The van der Waals surface area contributed by atoms with Crippen LogP contribution in [0.1, 0.15) is 30.9 Å². The molecule has 0 aromatic carbocycles. The minimum absolute atomic E-state index is 0.507. The molecule has 2 aromatic heterocycles. The van der Waals surface area contributed by atoms with Crippen molar-refractivity contribution in [2.24, 2.45) is 7.05 Å². The molecule has 20 heavy (non-hydrogen) atoms. The van der Waals surface area contributed by atoms with Crippen molar-refractivity contribution in [3.63, 3.8) is 0 Å². The van der Waals surface area contributed by atoms with Crippen molar-refractivity contribution < 1.29 is 0 Å². The van der Waals surface area contributed by atoms with E-state index in [1.54, 1.807) is 0 Å². The molecule has 0 saturated heterocycles. The number of nitrogens with zero attached hydrogens (tertiary/aromatic N) is 3. The zero-order valence-electron chi connectivity index (χ0n) is 12.4. The molecule has 2 aromatic rings. The average molecular weight is 272 g/mol. The lowest BCUT2D eigenvalue weighted by Gasteiger charge is -2.17. The van der Waals surface area contributed by atoms with Gasteiger partial charge in [0.2, 0.25) is 0 Å². The minimum Gasteiger partial charge on any atom is -0.314 e. The van der Waals surface area contributed by atoms with Gasteiger partial charge in [-0.1, -0.05) is 6.92 Å². The highest BCUT2D eigenvalue weighted by atomic mass is 15.2. The molecule has 4 heteroatoms. The molecule has 2 heterocycles. The second-order valence-corrected chi connectivity index (χ2v) is 5.27. The van der Waals surface area contributed by atoms with E-state index in [0.717, 1.165) is 25.8 Å². The van der Waals surface area contributed by atoms with Crippen LogP contribution in [0.3, 0.4) is 0 Å². The van der Waals surface area contributed by atoms with Gasteiger partial charge in [0.15, 0.2) is 0 Å². The fourth-order valence-corrected chi connectivity index (χ4v) is 2.38. The molecule has 1 atom stereocenters. The molecule has 0 radical (unpaired) electrons. The third-order valence-electron chi connectivity index (χ3n) is 3.45. The van der Waals surface area contributed by atoms with E-state index in [9.17, 15) is 0 Å². The summed E-state index contributed by atoms with van der Waals surface area (Å²) >= 11 is 0. The van der Waals surface area contributed by atoms with Gasteiger partial charge in [0.1, 0.15) is 0 Å². The molecular weight excluding hydrogens is 248 g/mol. The lowest BCUT2D eigenvalue weighted by Crippen LogP contribution is -2.32. The van der Waals surface area contributed by atoms with E-state index in [0.29, 0.717) is 6.04 Å². The van der Waals surface area contributed by atoms with Gasteiger partial charge in [-0.25, -0.2) is 0 Å². The van der Waals surface area contributed by atoms with Crippen LogP contribution in [0.4, 0.5) is 0 Å². The van der Waals surface area contributed by atoms with E-state index in [-0.39, 0.29) is 0 Å². The van der Waals surface area contributed by atoms with Crippen LogP contribution >= 0.6 is 0 Å². The van der Waals surface area contributed by atoms with Gasteiger partial charge in [-0.15, -0.1) is 0 Å². The average Bonchev–Trinajstić information content (AvgIpc) is 2.88. The summed E-state index contributed by atoms with van der Waals surface area (Å²) in [4.78, 5) is 4.07. The zero-order chi connectivity index (χ0) is 14.2. The lowest BCUT2D eigenvalue weighted by molar-refractivity contribution is 0.477. The molecule has 1 unspecified atom stereocenters. The first kappa shape index (κ1) is 14.7. The van der Waals surface area contributed by atoms with Crippen LogP contribution in [0.2, 0.25) is 0 Å². The molecule has 4 nitrogen and oxygen atoms in total. The number of pyridine rings is 1. The van der Waals surface area contributed by atoms with Crippen molar-refractivity contribution in [1.29, 1.82) is 0 Å². The molecular formula is C16H24N4. The third kappa shape index (κ3) is 4.78. The third-order valence-corrected chi connectivity index (χ3v) is 3.45. The Labute approximate surface area is 121 Å². The van der Waals surface area contributed by atoms with Gasteiger partial charge in [0.05, 0.1) is 6.20 Å². The minimum atomic E-state index is 0.507. The molecule has 1 N–H and O–H groups in total. The number of nitrogens with one attached hydrogen (secondary N) is 1. The number of rotatable bonds is 8. The lowest BCUT2D eigenvalue weighted by atomic mass is 10.0. The van der Waals surface area contributed by atoms with E-state index in [1.165, 1.54) is 17.5 Å². The molecule has 0 bridgehead atoms. The Morgan fingerprint density at radius 2 is 2.05 bits per heavy atom. The number of aryl methyl sites for hydroxylation is 2. The maximum Gasteiger partial charge on any atom is 0.0522 e. The van der Waals surface area contributed by atoms with Gasteiger partial charge in [0, 0.05) is 31.7 Å². The summed E-state index contributed by atoms with van der Waals surface area (Å²) in [7, 11) is 1.97. The first-order valence-electron chi connectivity index (χ1n) is 7.37. The van der Waals surface area contributed by atoms with Crippen LogP contribution in [-0.4, -0.2) is 27.4 Å². The van der Waals surface area contributed by atoms with Crippen molar-refractivity contribution in [3.8, 4) is 0 Å². The smallest absolute Gasteiger partial charge is 0.0522 e. The number of hydrogen-bond donors (Lipinski definition) is 1. The quantitative estimate of drug-likeness (QED) is 0.802. The van der Waals surface area contributed by atoms with Crippen LogP contribution < -0.4 is 5.32 Å². The Balaban J connectivity index is 1.89. The summed E-state index contributed by atoms with van der Waals surface area (Å²) < 4.78 is 1.87. The Morgan fingerprint density at radius 1 is 1.25 bits per heavy atom. The van der Waals surface area contributed by atoms with Crippen molar-refractivity contribution in [2.75, 3.05) is 6.54 Å². The molecule has 0 fully saturated rings. The topological polar surface area (TPSA) is 42.7 Å². The van der Waals surface area contributed by atoms with Crippen molar-refractivity contribution in [3.05, 3.63) is 48.0 Å². The molecule has 0 aliphatic rings. The molecule has 0 saturated carbocycles. The molecule has 2 rings (SSSR count). The fraction of sp³-hybridized carbons (Fsp3) is 0.500. The summed E-state index contributed by atoms with van der Waals surface area (Å²) in [6, 6.07) is 4.70. The van der Waals surface area contributed by atoms with Crippen molar-refractivity contribution >= 4 is 0 Å². The monoisotopic (exact) mass is 272 g/mol. The summed E-state index contributed by atoms with van der Waals surface area (Å²) in [6.07, 6.45) is 12.2. The maximum absolute atomic E-state index is 4.25. The highest BCUT2D eigenvalue weighted by molar-refractivity contribution is 5.11. The molecule has 0 aliphatic heterocycles. The SMILES string of the molecule is CCCNC(CCc1ccncc1)Cc1cnn(C)c1. The van der Waals surface area contributed by atoms with E-state index < -0.39 is 0 Å². The van der Waals surface area contributed by atoms with Crippen LogP contribution in [0.15, 0.2) is 36.9 Å². The summed E-state index contributed by atoms with van der Waals surface area (Å²) in [5.41, 5.74) is 2.66. The largest absolute Gasteiger partial charge is 0.314 e. The van der Waals surface area contributed by atoms with E-state index in [1.807, 2.05) is 30.3 Å². The van der Waals surface area contributed by atoms with Crippen molar-refractivity contribution in [2.45, 2.75) is 38.6 Å². The Kier molecular flexibility index (Phi) is 5.74. The van der Waals surface area contributed by atoms with Gasteiger partial charge in [-0.3, -0.25) is 9.67 Å². The number of hydrogen-bond acceptors (Lipinski definition) is 3. The fourth-order valence-electron chi connectivity index (χ4n) is 2.38. The van der Waals surface area contributed by atoms with Crippen LogP contribution in [-0.2, 0) is 19.9 Å². The van der Waals surface area contributed by atoms with E-state index in [2.05, 4.69) is 40.7 Å². The van der Waals surface area contributed by atoms with Gasteiger partial charge >= 0.3 is 0 Å². The highest BCUT2D eigenvalue weighted by Gasteiger charge is 2.10. The van der Waals surface area contributed by atoms with Gasteiger partial charge in [-0.2, -0.15) is 5.10 Å². The predicted octanol–water partition coefficient (Wildman–Crippen LogP) is 2.36.